The maximum atomic E-state index is 5.61. The summed E-state index contributed by atoms with van der Waals surface area (Å²) < 4.78 is 5.61. The zero-order valence-electron chi connectivity index (χ0n) is 14.8. The fourth-order valence-corrected chi connectivity index (χ4v) is 3.84. The Morgan fingerprint density at radius 2 is 2.08 bits per heavy atom. The first-order valence-electron chi connectivity index (χ1n) is 8.89. The Kier molecular flexibility index (Phi) is 4.48. The number of anilines is 2. The summed E-state index contributed by atoms with van der Waals surface area (Å²) in [6.07, 6.45) is 7.80. The minimum Gasteiger partial charge on any atom is -0.380 e. The Hall–Kier alpha value is -2.28. The van der Waals surface area contributed by atoms with Crippen LogP contribution in [-0.2, 0) is 17.6 Å². The number of ether oxygens (including phenoxy) is 1. The molecule has 1 aliphatic heterocycles. The van der Waals surface area contributed by atoms with Crippen LogP contribution in [0.2, 0.25) is 0 Å². The molecular formula is C18H24N6O. The van der Waals surface area contributed by atoms with Crippen LogP contribution in [0.15, 0.2) is 18.7 Å². The van der Waals surface area contributed by atoms with Gasteiger partial charge in [0.1, 0.15) is 24.3 Å². The van der Waals surface area contributed by atoms with Crippen LogP contribution in [0.1, 0.15) is 29.8 Å². The van der Waals surface area contributed by atoms with Crippen LogP contribution in [0.5, 0.6) is 0 Å². The summed E-state index contributed by atoms with van der Waals surface area (Å²) >= 11 is 0. The quantitative estimate of drug-likeness (QED) is 0.889. The van der Waals surface area contributed by atoms with Gasteiger partial charge in [0.25, 0.3) is 0 Å². The number of rotatable bonds is 5. The van der Waals surface area contributed by atoms with Crippen molar-refractivity contribution < 1.29 is 4.74 Å². The minimum absolute atomic E-state index is 0.221. The Labute approximate surface area is 147 Å². The van der Waals surface area contributed by atoms with Crippen LogP contribution in [0.4, 0.5) is 11.6 Å². The third-order valence-corrected chi connectivity index (χ3v) is 5.17. The Bertz CT molecular complexity index is 752. The van der Waals surface area contributed by atoms with E-state index in [1.54, 1.807) is 19.8 Å². The molecule has 0 radical (unpaired) electrons. The van der Waals surface area contributed by atoms with Crippen molar-refractivity contribution in [1.29, 1.82) is 0 Å². The Balaban J connectivity index is 1.51. The van der Waals surface area contributed by atoms with Crippen molar-refractivity contribution in [2.75, 3.05) is 30.4 Å². The van der Waals surface area contributed by atoms with Gasteiger partial charge in [0.05, 0.1) is 12.1 Å². The highest BCUT2D eigenvalue weighted by molar-refractivity contribution is 5.49. The second kappa shape index (κ2) is 6.92. The molecule has 7 heteroatoms. The van der Waals surface area contributed by atoms with Crippen LogP contribution >= 0.6 is 0 Å². The number of aryl methyl sites for hydroxylation is 2. The molecule has 25 heavy (non-hydrogen) atoms. The molecule has 2 aromatic heterocycles. The number of fused-ring (bicyclic) bond motifs is 1. The molecule has 0 bridgehead atoms. The number of methoxy groups -OCH3 is 1. The summed E-state index contributed by atoms with van der Waals surface area (Å²) in [5.74, 6) is 1.95. The second-order valence-electron chi connectivity index (χ2n) is 6.80. The molecule has 1 aliphatic carbocycles. The van der Waals surface area contributed by atoms with Gasteiger partial charge in [0, 0.05) is 43.2 Å². The first kappa shape index (κ1) is 16.2. The van der Waals surface area contributed by atoms with E-state index in [9.17, 15) is 0 Å². The molecule has 0 amide bonds. The van der Waals surface area contributed by atoms with E-state index in [2.05, 4.69) is 30.2 Å². The van der Waals surface area contributed by atoms with Crippen molar-refractivity contribution in [3.05, 3.63) is 35.7 Å². The fourth-order valence-electron chi connectivity index (χ4n) is 3.84. The first-order chi connectivity index (χ1) is 12.2. The SMILES string of the molecule is CO[C@H]1C[C@@H](CNc2ncnc3c2CCC3)N(c2cc(C)ncn2)C1. The molecular weight excluding hydrogens is 316 g/mol. The van der Waals surface area contributed by atoms with Crippen molar-refractivity contribution in [2.24, 2.45) is 0 Å². The van der Waals surface area contributed by atoms with Gasteiger partial charge in [0.15, 0.2) is 0 Å². The lowest BCUT2D eigenvalue weighted by atomic mass is 10.2. The highest BCUT2D eigenvalue weighted by atomic mass is 16.5. The number of aromatic nitrogens is 4. The third-order valence-electron chi connectivity index (χ3n) is 5.17. The van der Waals surface area contributed by atoms with Gasteiger partial charge in [-0.05, 0) is 32.6 Å². The largest absolute Gasteiger partial charge is 0.380 e. The number of hydrogen-bond donors (Lipinski definition) is 1. The Morgan fingerprint density at radius 1 is 1.20 bits per heavy atom. The number of hydrogen-bond acceptors (Lipinski definition) is 7. The highest BCUT2D eigenvalue weighted by Gasteiger charge is 2.33. The molecule has 4 rings (SSSR count). The zero-order valence-corrected chi connectivity index (χ0v) is 14.8. The van der Waals surface area contributed by atoms with E-state index >= 15 is 0 Å². The molecule has 1 fully saturated rings. The van der Waals surface area contributed by atoms with Crippen LogP contribution < -0.4 is 10.2 Å². The van der Waals surface area contributed by atoms with Crippen LogP contribution in [-0.4, -0.2) is 52.3 Å². The van der Waals surface area contributed by atoms with Gasteiger partial charge >= 0.3 is 0 Å². The van der Waals surface area contributed by atoms with E-state index in [0.29, 0.717) is 6.04 Å². The highest BCUT2D eigenvalue weighted by Crippen LogP contribution is 2.28. The molecule has 0 spiro atoms. The topological polar surface area (TPSA) is 76.1 Å². The molecule has 3 heterocycles. The second-order valence-corrected chi connectivity index (χ2v) is 6.80. The number of nitrogens with one attached hydrogen (secondary N) is 1. The summed E-state index contributed by atoms with van der Waals surface area (Å²) in [4.78, 5) is 19.8. The molecule has 7 nitrogen and oxygen atoms in total. The maximum absolute atomic E-state index is 5.61. The molecule has 0 saturated carbocycles. The van der Waals surface area contributed by atoms with Crippen LogP contribution in [0.3, 0.4) is 0 Å². The summed E-state index contributed by atoms with van der Waals surface area (Å²) in [5, 5.41) is 3.55. The van der Waals surface area contributed by atoms with Gasteiger partial charge in [-0.15, -0.1) is 0 Å². The predicted octanol–water partition coefficient (Wildman–Crippen LogP) is 1.77. The van der Waals surface area contributed by atoms with Crippen LogP contribution in [0.25, 0.3) is 0 Å². The molecule has 1 saturated heterocycles. The normalized spacial score (nSPS) is 22.2. The van der Waals surface area contributed by atoms with Gasteiger partial charge in [-0.1, -0.05) is 0 Å². The van der Waals surface area contributed by atoms with Gasteiger partial charge in [-0.3, -0.25) is 0 Å². The molecule has 132 valence electrons. The van der Waals surface area contributed by atoms with Gasteiger partial charge in [-0.2, -0.15) is 0 Å². The predicted molar refractivity (Wildman–Crippen MR) is 95.9 cm³/mol. The molecule has 0 unspecified atom stereocenters. The van der Waals surface area contributed by atoms with E-state index in [4.69, 9.17) is 4.74 Å². The minimum atomic E-state index is 0.221. The van der Waals surface area contributed by atoms with Crippen molar-refractivity contribution in [2.45, 2.75) is 44.8 Å². The van der Waals surface area contributed by atoms with E-state index in [1.165, 1.54) is 17.7 Å². The molecule has 2 aliphatic rings. The molecule has 2 aromatic rings. The Morgan fingerprint density at radius 3 is 2.92 bits per heavy atom. The van der Waals surface area contributed by atoms with Crippen molar-refractivity contribution >= 4 is 11.6 Å². The molecule has 0 aromatic carbocycles. The van der Waals surface area contributed by atoms with Gasteiger partial charge in [0.2, 0.25) is 0 Å². The molecule has 2 atom stereocenters. The zero-order chi connectivity index (χ0) is 17.2. The fraction of sp³-hybridized carbons (Fsp3) is 0.556. The lowest BCUT2D eigenvalue weighted by molar-refractivity contribution is 0.118. The summed E-state index contributed by atoms with van der Waals surface area (Å²) in [6, 6.07) is 2.35. The first-order valence-corrected chi connectivity index (χ1v) is 8.89. The summed E-state index contributed by atoms with van der Waals surface area (Å²) in [5.41, 5.74) is 3.46. The van der Waals surface area contributed by atoms with Crippen molar-refractivity contribution in [1.82, 2.24) is 19.9 Å². The maximum Gasteiger partial charge on any atom is 0.132 e. The van der Waals surface area contributed by atoms with Crippen molar-refractivity contribution in [3.8, 4) is 0 Å². The van der Waals surface area contributed by atoms with E-state index in [-0.39, 0.29) is 6.10 Å². The van der Waals surface area contributed by atoms with Crippen molar-refractivity contribution in [3.63, 3.8) is 0 Å². The van der Waals surface area contributed by atoms with E-state index in [1.807, 2.05) is 13.0 Å². The monoisotopic (exact) mass is 340 g/mol. The van der Waals surface area contributed by atoms with Crippen LogP contribution in [0, 0.1) is 6.92 Å². The van der Waals surface area contributed by atoms with Gasteiger partial charge < -0.3 is 15.0 Å². The van der Waals surface area contributed by atoms with E-state index < -0.39 is 0 Å². The molecule has 1 N–H and O–H groups in total. The number of nitrogens with zero attached hydrogens (tertiary/aromatic N) is 5. The lowest BCUT2D eigenvalue weighted by Gasteiger charge is -2.26. The third kappa shape index (κ3) is 3.28. The average Bonchev–Trinajstić information content (AvgIpc) is 3.26. The standard InChI is InChI=1S/C18H24N6O/c1-12-6-17(22-10-20-12)24-9-14(25-2)7-13(24)8-19-18-15-4-3-5-16(15)21-11-23-18/h6,10-11,13-14H,3-5,7-9H2,1-2H3,(H,19,21,23)/t13-,14-/m0/s1. The lowest BCUT2D eigenvalue weighted by Crippen LogP contribution is -2.36. The summed E-state index contributed by atoms with van der Waals surface area (Å²) in [6.45, 7) is 3.65. The summed E-state index contributed by atoms with van der Waals surface area (Å²) in [7, 11) is 1.78. The van der Waals surface area contributed by atoms with Gasteiger partial charge in [-0.25, -0.2) is 19.9 Å². The van der Waals surface area contributed by atoms with E-state index in [0.717, 1.165) is 49.7 Å². The smallest absolute Gasteiger partial charge is 0.132 e. The average molecular weight is 340 g/mol.